The Labute approximate surface area is 212 Å². The Kier molecular flexibility index (Phi) is 6.37. The third kappa shape index (κ3) is 4.15. The molecule has 2 aromatic rings. The van der Waals surface area contributed by atoms with Crippen LogP contribution in [0.4, 0.5) is 5.95 Å². The van der Waals surface area contributed by atoms with E-state index in [0.717, 1.165) is 70.1 Å². The zero-order valence-electron chi connectivity index (χ0n) is 21.0. The van der Waals surface area contributed by atoms with E-state index >= 15 is 0 Å². The van der Waals surface area contributed by atoms with E-state index in [9.17, 15) is 9.59 Å². The summed E-state index contributed by atoms with van der Waals surface area (Å²) in [5.41, 5.74) is 1.28. The number of hydrogen-bond donors (Lipinski definition) is 0. The second kappa shape index (κ2) is 9.81. The van der Waals surface area contributed by atoms with E-state index in [2.05, 4.69) is 31.9 Å². The lowest BCUT2D eigenvalue weighted by Crippen LogP contribution is -2.47. The van der Waals surface area contributed by atoms with E-state index in [4.69, 9.17) is 4.74 Å². The van der Waals surface area contributed by atoms with Crippen molar-refractivity contribution in [2.24, 2.45) is 23.7 Å². The van der Waals surface area contributed by atoms with Crippen molar-refractivity contribution in [1.82, 2.24) is 19.8 Å². The molecule has 6 rings (SSSR count). The Morgan fingerprint density at radius 3 is 2.31 bits per heavy atom. The van der Waals surface area contributed by atoms with Crippen LogP contribution < -0.4 is 9.64 Å². The molecule has 2 bridgehead atoms. The highest BCUT2D eigenvalue weighted by atomic mass is 16.5. The van der Waals surface area contributed by atoms with Crippen molar-refractivity contribution in [2.45, 2.75) is 31.6 Å². The van der Waals surface area contributed by atoms with Gasteiger partial charge in [-0.25, -0.2) is 9.97 Å². The molecule has 190 valence electrons. The summed E-state index contributed by atoms with van der Waals surface area (Å²) in [6, 6.07) is 10.1. The highest BCUT2D eigenvalue weighted by Crippen LogP contribution is 2.61. The van der Waals surface area contributed by atoms with E-state index in [0.29, 0.717) is 24.3 Å². The second-order valence-corrected chi connectivity index (χ2v) is 10.7. The van der Waals surface area contributed by atoms with Gasteiger partial charge < -0.3 is 9.64 Å². The molecular formula is C28H35N5O3. The first-order chi connectivity index (χ1) is 17.6. The zero-order valence-corrected chi connectivity index (χ0v) is 21.0. The molecule has 0 N–H and O–H groups in total. The first-order valence-corrected chi connectivity index (χ1v) is 13.4. The molecule has 2 aliphatic heterocycles. The Morgan fingerprint density at radius 1 is 0.889 bits per heavy atom. The first kappa shape index (κ1) is 23.4. The minimum absolute atomic E-state index is 0.0784. The van der Waals surface area contributed by atoms with Crippen LogP contribution >= 0.6 is 0 Å². The van der Waals surface area contributed by atoms with Gasteiger partial charge in [-0.05, 0) is 73.7 Å². The van der Waals surface area contributed by atoms with Gasteiger partial charge in [0.15, 0.2) is 0 Å². The summed E-state index contributed by atoms with van der Waals surface area (Å²) < 4.78 is 5.30. The van der Waals surface area contributed by atoms with Gasteiger partial charge in [0, 0.05) is 45.1 Å². The number of rotatable bonds is 8. The van der Waals surface area contributed by atoms with Crippen molar-refractivity contribution in [2.75, 3.05) is 51.3 Å². The molecular weight excluding hydrogens is 454 g/mol. The van der Waals surface area contributed by atoms with Crippen molar-refractivity contribution in [3.63, 3.8) is 0 Å². The van der Waals surface area contributed by atoms with Crippen LogP contribution in [0.25, 0.3) is 0 Å². The standard InChI is InChI=1S/C28H35N5O3/c1-36-21-7-5-19(6-8-21)22-17-20-18-23(22)25-24(20)26(34)33(27(25)35)12-3-2-11-31-13-15-32(16-14-31)28-29-9-4-10-30-28/h4-10,20,22-25H,2-3,11-18H2,1H3/t20-,22+,23-,24-,25+/m1/s1. The maximum Gasteiger partial charge on any atom is 0.233 e. The summed E-state index contributed by atoms with van der Waals surface area (Å²) >= 11 is 0. The van der Waals surface area contributed by atoms with Gasteiger partial charge in [-0.1, -0.05) is 12.1 Å². The Balaban J connectivity index is 0.989. The number of benzene rings is 1. The molecule has 2 saturated carbocycles. The van der Waals surface area contributed by atoms with Gasteiger partial charge in [0.1, 0.15) is 5.75 Å². The van der Waals surface area contributed by atoms with Crippen LogP contribution in [0.15, 0.2) is 42.7 Å². The maximum atomic E-state index is 13.4. The van der Waals surface area contributed by atoms with Gasteiger partial charge in [-0.15, -0.1) is 0 Å². The number of piperazine rings is 1. The van der Waals surface area contributed by atoms with E-state index in [1.165, 1.54) is 5.56 Å². The normalized spacial score (nSPS) is 29.8. The molecule has 4 fully saturated rings. The number of imide groups is 1. The lowest BCUT2D eigenvalue weighted by Gasteiger charge is -2.34. The molecule has 1 aromatic heterocycles. The fourth-order valence-electron chi connectivity index (χ4n) is 7.21. The fraction of sp³-hybridized carbons (Fsp3) is 0.571. The molecule has 0 unspecified atom stereocenters. The number of hydrogen-bond acceptors (Lipinski definition) is 7. The van der Waals surface area contributed by atoms with Crippen molar-refractivity contribution in [3.05, 3.63) is 48.3 Å². The number of amides is 2. The third-order valence-corrected chi connectivity index (χ3v) is 8.96. The largest absolute Gasteiger partial charge is 0.497 e. The second-order valence-electron chi connectivity index (χ2n) is 10.7. The van der Waals surface area contributed by atoms with E-state index in [1.54, 1.807) is 24.4 Å². The summed E-state index contributed by atoms with van der Waals surface area (Å²) in [6.45, 7) is 5.38. The molecule has 0 spiro atoms. The van der Waals surface area contributed by atoms with Gasteiger partial charge in [-0.2, -0.15) is 0 Å². The topological polar surface area (TPSA) is 78.9 Å². The van der Waals surface area contributed by atoms with Gasteiger partial charge in [0.05, 0.1) is 18.9 Å². The van der Waals surface area contributed by atoms with Gasteiger partial charge >= 0.3 is 0 Å². The van der Waals surface area contributed by atoms with Gasteiger partial charge in [0.2, 0.25) is 17.8 Å². The molecule has 36 heavy (non-hydrogen) atoms. The fourth-order valence-corrected chi connectivity index (χ4v) is 7.21. The Hall–Kier alpha value is -3.00. The highest BCUT2D eigenvalue weighted by molar-refractivity contribution is 6.06. The minimum atomic E-state index is -0.114. The molecule has 4 aliphatic rings. The number of anilines is 1. The SMILES string of the molecule is COc1ccc([C@@H]2C[C@@H]3C[C@H]2[C@@H]2C(=O)N(CCCCN4CCN(c5ncccn5)CC4)C(=O)[C@H]32)cc1. The summed E-state index contributed by atoms with van der Waals surface area (Å²) in [5.74, 6) is 2.66. The van der Waals surface area contributed by atoms with Gasteiger partial charge in [0.25, 0.3) is 0 Å². The van der Waals surface area contributed by atoms with Crippen LogP contribution in [0.1, 0.15) is 37.2 Å². The van der Waals surface area contributed by atoms with Crippen molar-refractivity contribution in [3.8, 4) is 5.75 Å². The smallest absolute Gasteiger partial charge is 0.233 e. The van der Waals surface area contributed by atoms with Crippen molar-refractivity contribution >= 4 is 17.8 Å². The summed E-state index contributed by atoms with van der Waals surface area (Å²) in [7, 11) is 1.68. The van der Waals surface area contributed by atoms with Crippen LogP contribution in [0.5, 0.6) is 5.75 Å². The number of fused-ring (bicyclic) bond motifs is 5. The minimum Gasteiger partial charge on any atom is -0.497 e. The number of carbonyl (C=O) groups excluding carboxylic acids is 2. The lowest BCUT2D eigenvalue weighted by atomic mass is 9.73. The third-order valence-electron chi connectivity index (χ3n) is 8.96. The molecule has 0 radical (unpaired) electrons. The quantitative estimate of drug-likeness (QED) is 0.417. The Bertz CT molecular complexity index is 1090. The summed E-state index contributed by atoms with van der Waals surface area (Å²) in [6.07, 6.45) is 7.47. The Morgan fingerprint density at radius 2 is 1.58 bits per heavy atom. The predicted octanol–water partition coefficient (Wildman–Crippen LogP) is 2.81. The highest BCUT2D eigenvalue weighted by Gasteiger charge is 2.63. The summed E-state index contributed by atoms with van der Waals surface area (Å²) in [4.78, 5) is 41.6. The zero-order chi connectivity index (χ0) is 24.6. The number of nitrogens with zero attached hydrogens (tertiary/aromatic N) is 5. The molecule has 2 amide bonds. The molecule has 5 atom stereocenters. The van der Waals surface area contributed by atoms with Crippen molar-refractivity contribution in [1.29, 1.82) is 0 Å². The molecule has 2 aliphatic carbocycles. The molecule has 1 aromatic carbocycles. The molecule has 2 saturated heterocycles. The van der Waals surface area contributed by atoms with E-state index in [1.807, 2.05) is 18.2 Å². The average molecular weight is 490 g/mol. The average Bonchev–Trinajstić information content (AvgIpc) is 3.59. The van der Waals surface area contributed by atoms with Crippen LogP contribution in [0.3, 0.4) is 0 Å². The number of carbonyl (C=O) groups is 2. The number of likely N-dealkylation sites (tertiary alicyclic amines) is 1. The maximum absolute atomic E-state index is 13.4. The predicted molar refractivity (Wildman–Crippen MR) is 136 cm³/mol. The molecule has 3 heterocycles. The number of methoxy groups -OCH3 is 1. The van der Waals surface area contributed by atoms with Crippen LogP contribution in [0, 0.1) is 23.7 Å². The first-order valence-electron chi connectivity index (χ1n) is 13.4. The number of unbranched alkanes of at least 4 members (excludes halogenated alkanes) is 1. The molecule has 8 nitrogen and oxygen atoms in total. The number of aromatic nitrogens is 2. The van der Waals surface area contributed by atoms with E-state index in [-0.39, 0.29) is 23.7 Å². The summed E-state index contributed by atoms with van der Waals surface area (Å²) in [5, 5.41) is 0. The van der Waals surface area contributed by atoms with Crippen LogP contribution in [-0.4, -0.2) is 78.0 Å². The lowest BCUT2D eigenvalue weighted by molar-refractivity contribution is -0.140. The molecule has 8 heteroatoms. The van der Waals surface area contributed by atoms with Crippen molar-refractivity contribution < 1.29 is 14.3 Å². The van der Waals surface area contributed by atoms with Crippen LogP contribution in [-0.2, 0) is 9.59 Å². The van der Waals surface area contributed by atoms with E-state index < -0.39 is 0 Å². The number of ether oxygens (including phenoxy) is 1. The monoisotopic (exact) mass is 489 g/mol. The van der Waals surface area contributed by atoms with Gasteiger partial charge in [-0.3, -0.25) is 19.4 Å². The van der Waals surface area contributed by atoms with Crippen LogP contribution in [0.2, 0.25) is 0 Å².